The number of hydrogen-bond donors (Lipinski definition) is 1. The van der Waals surface area contributed by atoms with E-state index in [1.807, 2.05) is 73.3 Å². The number of hydrogen-bond acceptors (Lipinski definition) is 5. The highest BCUT2D eigenvalue weighted by molar-refractivity contribution is 5.93. The van der Waals surface area contributed by atoms with Gasteiger partial charge in [0.15, 0.2) is 11.5 Å². The zero-order valence-electron chi connectivity index (χ0n) is 20.1. The minimum absolute atomic E-state index is 0.0359. The molecule has 2 aromatic carbocycles. The third-order valence-electron chi connectivity index (χ3n) is 6.67. The molecule has 1 aliphatic rings. The predicted octanol–water partition coefficient (Wildman–Crippen LogP) is 4.31. The van der Waals surface area contributed by atoms with E-state index in [0.29, 0.717) is 49.5 Å². The molecule has 1 aliphatic heterocycles. The molecule has 1 fully saturated rings. The molecule has 2 aromatic heterocycles. The van der Waals surface area contributed by atoms with Crippen molar-refractivity contribution in [3.8, 4) is 0 Å². The topological polar surface area (TPSA) is 80.1 Å². The highest BCUT2D eigenvalue weighted by atomic mass is 16.2. The van der Waals surface area contributed by atoms with Crippen molar-refractivity contribution in [2.75, 3.05) is 23.3 Å². The summed E-state index contributed by atoms with van der Waals surface area (Å²) in [6.07, 6.45) is 3.02. The molecule has 0 aliphatic carbocycles. The van der Waals surface area contributed by atoms with Gasteiger partial charge in [0.1, 0.15) is 5.52 Å². The Hall–Kier alpha value is -4.00. The van der Waals surface area contributed by atoms with Crippen LogP contribution >= 0.6 is 0 Å². The Kier molecular flexibility index (Phi) is 6.31. The number of anilines is 2. The maximum Gasteiger partial charge on any atom is 0.295 e. The Labute approximate surface area is 204 Å². The van der Waals surface area contributed by atoms with E-state index in [0.717, 1.165) is 16.8 Å². The van der Waals surface area contributed by atoms with Gasteiger partial charge in [-0.05, 0) is 56.0 Å². The number of nitrogens with one attached hydrogen (secondary N) is 1. The van der Waals surface area contributed by atoms with Crippen LogP contribution in [0.5, 0.6) is 0 Å². The van der Waals surface area contributed by atoms with Crippen molar-refractivity contribution in [1.29, 1.82) is 0 Å². The van der Waals surface area contributed by atoms with E-state index in [2.05, 4.69) is 21.4 Å². The molecule has 1 amide bonds. The minimum Gasteiger partial charge on any atom is -0.352 e. The number of pyridine rings is 1. The van der Waals surface area contributed by atoms with Gasteiger partial charge in [0, 0.05) is 30.9 Å². The molecular weight excluding hydrogens is 438 g/mol. The normalized spacial score (nSPS) is 14.3. The van der Waals surface area contributed by atoms with Crippen molar-refractivity contribution >= 4 is 28.6 Å². The predicted molar refractivity (Wildman–Crippen MR) is 139 cm³/mol. The fourth-order valence-corrected chi connectivity index (χ4v) is 4.72. The average Bonchev–Trinajstić information content (AvgIpc) is 2.88. The first-order valence-electron chi connectivity index (χ1n) is 12.0. The lowest BCUT2D eigenvalue weighted by Crippen LogP contribution is -2.42. The lowest BCUT2D eigenvalue weighted by atomic mass is 9.95. The van der Waals surface area contributed by atoms with Crippen LogP contribution < -0.4 is 15.8 Å². The number of piperidine rings is 1. The van der Waals surface area contributed by atoms with Crippen molar-refractivity contribution in [3.63, 3.8) is 0 Å². The summed E-state index contributed by atoms with van der Waals surface area (Å²) in [6.45, 7) is 5.68. The van der Waals surface area contributed by atoms with E-state index < -0.39 is 0 Å². The monoisotopic (exact) mass is 467 g/mol. The van der Waals surface area contributed by atoms with E-state index >= 15 is 0 Å². The van der Waals surface area contributed by atoms with Gasteiger partial charge in [0.05, 0.1) is 6.54 Å². The molecule has 1 N–H and O–H groups in total. The zero-order valence-corrected chi connectivity index (χ0v) is 20.1. The molecule has 0 radical (unpaired) electrons. The SMILES string of the molecule is Cc1ccc(NC(=O)C2CCN(c3nc4cccnc4n(Cc4ccccc4)c3=O)CC2)c(C)c1. The van der Waals surface area contributed by atoms with Crippen molar-refractivity contribution in [3.05, 3.63) is 93.9 Å². The molecule has 0 saturated carbocycles. The van der Waals surface area contributed by atoms with Crippen LogP contribution in [-0.4, -0.2) is 33.5 Å². The quantitative estimate of drug-likeness (QED) is 0.473. The van der Waals surface area contributed by atoms with Crippen LogP contribution in [0.1, 0.15) is 29.5 Å². The average molecular weight is 468 g/mol. The van der Waals surface area contributed by atoms with Crippen LogP contribution in [0.15, 0.2) is 71.7 Å². The lowest BCUT2D eigenvalue weighted by Gasteiger charge is -2.32. The fourth-order valence-electron chi connectivity index (χ4n) is 4.72. The standard InChI is InChI=1S/C28H29N5O2/c1-19-10-11-23(20(2)17-19)31-27(34)22-12-15-32(16-13-22)26-28(35)33(18-21-7-4-3-5-8-21)25-24(30-26)9-6-14-29-25/h3-11,14,17,22H,12-13,15-16,18H2,1-2H3,(H,31,34). The number of benzene rings is 2. The Balaban J connectivity index is 1.35. The first-order chi connectivity index (χ1) is 17.0. The Morgan fingerprint density at radius 3 is 2.54 bits per heavy atom. The second kappa shape index (κ2) is 9.70. The second-order valence-electron chi connectivity index (χ2n) is 9.23. The Bertz CT molecular complexity index is 1420. The molecule has 5 rings (SSSR count). The van der Waals surface area contributed by atoms with Gasteiger partial charge >= 0.3 is 0 Å². The summed E-state index contributed by atoms with van der Waals surface area (Å²) in [7, 11) is 0. The van der Waals surface area contributed by atoms with Gasteiger partial charge in [0.25, 0.3) is 5.56 Å². The van der Waals surface area contributed by atoms with E-state index in [-0.39, 0.29) is 17.4 Å². The van der Waals surface area contributed by atoms with Gasteiger partial charge in [-0.2, -0.15) is 0 Å². The molecule has 178 valence electrons. The van der Waals surface area contributed by atoms with Crippen molar-refractivity contribution in [2.24, 2.45) is 5.92 Å². The molecule has 3 heterocycles. The van der Waals surface area contributed by atoms with Crippen molar-refractivity contribution < 1.29 is 4.79 Å². The van der Waals surface area contributed by atoms with Gasteiger partial charge in [-0.1, -0.05) is 48.0 Å². The van der Waals surface area contributed by atoms with Crippen LogP contribution in [0.4, 0.5) is 11.5 Å². The van der Waals surface area contributed by atoms with Crippen LogP contribution in [0.25, 0.3) is 11.2 Å². The molecule has 35 heavy (non-hydrogen) atoms. The van der Waals surface area contributed by atoms with Crippen LogP contribution in [0, 0.1) is 19.8 Å². The van der Waals surface area contributed by atoms with Gasteiger partial charge in [-0.15, -0.1) is 0 Å². The molecular formula is C28H29N5O2. The molecule has 0 atom stereocenters. The number of aromatic nitrogens is 3. The Morgan fingerprint density at radius 2 is 1.80 bits per heavy atom. The summed E-state index contributed by atoms with van der Waals surface area (Å²) in [5.41, 5.74) is 5.23. The number of rotatable bonds is 5. The summed E-state index contributed by atoms with van der Waals surface area (Å²) in [6, 6.07) is 19.6. The van der Waals surface area contributed by atoms with Gasteiger partial charge < -0.3 is 10.2 Å². The molecule has 0 spiro atoms. The van der Waals surface area contributed by atoms with Gasteiger partial charge in [-0.25, -0.2) is 9.97 Å². The number of aryl methyl sites for hydroxylation is 2. The third-order valence-corrected chi connectivity index (χ3v) is 6.67. The molecule has 0 bridgehead atoms. The number of carbonyl (C=O) groups excluding carboxylic acids is 1. The molecule has 7 heteroatoms. The van der Waals surface area contributed by atoms with Gasteiger partial charge in [-0.3, -0.25) is 14.2 Å². The van der Waals surface area contributed by atoms with Crippen molar-refractivity contribution in [1.82, 2.24) is 14.5 Å². The first kappa shape index (κ1) is 22.8. The summed E-state index contributed by atoms with van der Waals surface area (Å²) >= 11 is 0. The first-order valence-corrected chi connectivity index (χ1v) is 12.0. The van der Waals surface area contributed by atoms with Crippen LogP contribution in [0.2, 0.25) is 0 Å². The smallest absolute Gasteiger partial charge is 0.295 e. The number of amides is 1. The minimum atomic E-state index is -0.154. The second-order valence-corrected chi connectivity index (χ2v) is 9.23. The maximum absolute atomic E-state index is 13.5. The molecule has 0 unspecified atom stereocenters. The molecule has 1 saturated heterocycles. The highest BCUT2D eigenvalue weighted by Gasteiger charge is 2.28. The van der Waals surface area contributed by atoms with E-state index in [4.69, 9.17) is 0 Å². The largest absolute Gasteiger partial charge is 0.352 e. The summed E-state index contributed by atoms with van der Waals surface area (Å²) in [5, 5.41) is 3.09. The van der Waals surface area contributed by atoms with E-state index in [9.17, 15) is 9.59 Å². The third kappa shape index (κ3) is 4.80. The summed E-state index contributed by atoms with van der Waals surface area (Å²) in [4.78, 5) is 37.6. The lowest BCUT2D eigenvalue weighted by molar-refractivity contribution is -0.120. The number of nitrogens with zero attached hydrogens (tertiary/aromatic N) is 4. The highest BCUT2D eigenvalue weighted by Crippen LogP contribution is 2.24. The molecule has 7 nitrogen and oxygen atoms in total. The van der Waals surface area contributed by atoms with Gasteiger partial charge in [0.2, 0.25) is 5.91 Å². The van der Waals surface area contributed by atoms with Crippen molar-refractivity contribution in [2.45, 2.75) is 33.2 Å². The fraction of sp³-hybridized carbons (Fsp3) is 0.286. The van der Waals surface area contributed by atoms with E-state index in [1.165, 1.54) is 5.56 Å². The number of carbonyl (C=O) groups is 1. The van der Waals surface area contributed by atoms with E-state index in [1.54, 1.807) is 10.8 Å². The Morgan fingerprint density at radius 1 is 1.03 bits per heavy atom. The zero-order chi connectivity index (χ0) is 24.4. The number of fused-ring (bicyclic) bond motifs is 1. The van der Waals surface area contributed by atoms with Crippen LogP contribution in [0.3, 0.4) is 0 Å². The summed E-state index contributed by atoms with van der Waals surface area (Å²) in [5.74, 6) is 0.365. The molecule has 4 aromatic rings. The van der Waals surface area contributed by atoms with Crippen LogP contribution in [-0.2, 0) is 11.3 Å². The maximum atomic E-state index is 13.5. The summed E-state index contributed by atoms with van der Waals surface area (Å²) < 4.78 is 1.70.